The van der Waals surface area contributed by atoms with Gasteiger partial charge in [-0.25, -0.2) is 9.50 Å². The van der Waals surface area contributed by atoms with E-state index in [-0.39, 0.29) is 0 Å². The van der Waals surface area contributed by atoms with Crippen molar-refractivity contribution >= 4 is 5.65 Å². The van der Waals surface area contributed by atoms with Gasteiger partial charge in [0.25, 0.3) is 0 Å². The molecule has 31 heavy (non-hydrogen) atoms. The van der Waals surface area contributed by atoms with E-state index in [0.29, 0.717) is 5.41 Å². The van der Waals surface area contributed by atoms with Gasteiger partial charge in [0.05, 0.1) is 17.6 Å². The number of imidazole rings is 1. The summed E-state index contributed by atoms with van der Waals surface area (Å²) in [5.41, 5.74) is 7.81. The lowest BCUT2D eigenvalue weighted by Crippen LogP contribution is -2.36. The molecule has 0 unspecified atom stereocenters. The number of nitrogens with zero attached hydrogens (tertiary/aromatic N) is 5. The molecule has 0 N–H and O–H groups in total. The number of hydrogen-bond donors (Lipinski definition) is 0. The molecule has 0 amide bonds. The number of aromatic nitrogens is 4. The van der Waals surface area contributed by atoms with Crippen LogP contribution in [-0.2, 0) is 6.54 Å². The molecule has 0 spiro atoms. The summed E-state index contributed by atoms with van der Waals surface area (Å²) in [6, 6.07) is 17.0. The molecule has 4 aromatic rings. The molecule has 3 aromatic heterocycles. The predicted molar refractivity (Wildman–Crippen MR) is 125 cm³/mol. The van der Waals surface area contributed by atoms with E-state index in [2.05, 4.69) is 59.0 Å². The van der Waals surface area contributed by atoms with Crippen LogP contribution in [0.15, 0.2) is 60.9 Å². The second-order valence-corrected chi connectivity index (χ2v) is 9.46. The molecule has 5 nitrogen and oxygen atoms in total. The Bertz CT molecular complexity index is 1200. The molecule has 1 fully saturated rings. The Morgan fingerprint density at radius 1 is 0.903 bits per heavy atom. The number of pyridine rings is 1. The van der Waals surface area contributed by atoms with Crippen molar-refractivity contribution in [3.63, 3.8) is 0 Å². The summed E-state index contributed by atoms with van der Waals surface area (Å²) in [5.74, 6) is 0. The van der Waals surface area contributed by atoms with E-state index in [1.165, 1.54) is 31.5 Å². The number of piperidine rings is 1. The Labute approximate surface area is 183 Å². The predicted octanol–water partition coefficient (Wildman–Crippen LogP) is 5.39. The first kappa shape index (κ1) is 19.9. The largest absolute Gasteiger partial charge is 0.299 e. The molecule has 5 rings (SSSR count). The molecule has 0 radical (unpaired) electrons. The highest BCUT2D eigenvalue weighted by Crippen LogP contribution is 2.30. The lowest BCUT2D eigenvalue weighted by Gasteiger charge is -2.36. The summed E-state index contributed by atoms with van der Waals surface area (Å²) in [6.07, 6.45) is 6.29. The molecule has 1 aliphatic heterocycles. The topological polar surface area (TPSA) is 46.3 Å². The SMILES string of the molecule is Cc1cc(-c2ccc3ncc(-c4ccc(CN5CCC(C)(C)CC5)cc4)n3n2)ccn1. The van der Waals surface area contributed by atoms with Crippen LogP contribution in [0.5, 0.6) is 0 Å². The van der Waals surface area contributed by atoms with Crippen LogP contribution in [0.3, 0.4) is 0 Å². The number of benzene rings is 1. The molecule has 158 valence electrons. The van der Waals surface area contributed by atoms with Crippen LogP contribution < -0.4 is 0 Å². The average molecular weight is 412 g/mol. The Kier molecular flexibility index (Phi) is 5.06. The molecule has 0 bridgehead atoms. The lowest BCUT2D eigenvalue weighted by atomic mass is 9.82. The van der Waals surface area contributed by atoms with Crippen molar-refractivity contribution in [1.29, 1.82) is 0 Å². The van der Waals surface area contributed by atoms with Gasteiger partial charge in [-0.2, -0.15) is 5.10 Å². The van der Waals surface area contributed by atoms with E-state index in [4.69, 9.17) is 5.10 Å². The van der Waals surface area contributed by atoms with Gasteiger partial charge in [-0.05, 0) is 68.1 Å². The van der Waals surface area contributed by atoms with Crippen LogP contribution >= 0.6 is 0 Å². The Balaban J connectivity index is 1.38. The second kappa shape index (κ2) is 7.89. The van der Waals surface area contributed by atoms with E-state index >= 15 is 0 Å². The number of fused-ring (bicyclic) bond motifs is 1. The van der Waals surface area contributed by atoms with E-state index in [1.807, 2.05) is 42.0 Å². The maximum absolute atomic E-state index is 4.87. The van der Waals surface area contributed by atoms with Gasteiger partial charge in [0, 0.05) is 29.6 Å². The minimum atomic E-state index is 0.490. The number of hydrogen-bond acceptors (Lipinski definition) is 4. The number of rotatable bonds is 4. The molecular formula is C26H29N5. The normalized spacial score (nSPS) is 16.6. The fourth-order valence-electron chi connectivity index (χ4n) is 4.28. The van der Waals surface area contributed by atoms with Gasteiger partial charge in [0.2, 0.25) is 0 Å². The molecule has 1 aliphatic rings. The summed E-state index contributed by atoms with van der Waals surface area (Å²) >= 11 is 0. The van der Waals surface area contributed by atoms with Gasteiger partial charge in [0.15, 0.2) is 5.65 Å². The number of aryl methyl sites for hydroxylation is 1. The summed E-state index contributed by atoms with van der Waals surface area (Å²) < 4.78 is 1.94. The quantitative estimate of drug-likeness (QED) is 0.452. The first-order chi connectivity index (χ1) is 15.0. The fourth-order valence-corrected chi connectivity index (χ4v) is 4.28. The van der Waals surface area contributed by atoms with E-state index < -0.39 is 0 Å². The van der Waals surface area contributed by atoms with Crippen molar-refractivity contribution in [3.05, 3.63) is 72.2 Å². The maximum atomic E-state index is 4.87. The van der Waals surface area contributed by atoms with Crippen LogP contribution in [0.25, 0.3) is 28.2 Å². The minimum Gasteiger partial charge on any atom is -0.299 e. The summed E-state index contributed by atoms with van der Waals surface area (Å²) in [4.78, 5) is 11.4. The Morgan fingerprint density at radius 2 is 1.68 bits per heavy atom. The zero-order chi connectivity index (χ0) is 21.4. The van der Waals surface area contributed by atoms with Crippen LogP contribution in [0.2, 0.25) is 0 Å². The highest BCUT2D eigenvalue weighted by molar-refractivity contribution is 5.66. The smallest absolute Gasteiger partial charge is 0.154 e. The van der Waals surface area contributed by atoms with Crippen LogP contribution in [0, 0.1) is 12.3 Å². The Hall–Kier alpha value is -3.05. The van der Waals surface area contributed by atoms with Gasteiger partial charge in [-0.1, -0.05) is 38.1 Å². The lowest BCUT2D eigenvalue weighted by molar-refractivity contribution is 0.127. The molecule has 0 saturated carbocycles. The van der Waals surface area contributed by atoms with Gasteiger partial charge in [-0.15, -0.1) is 0 Å². The van der Waals surface area contributed by atoms with Gasteiger partial charge in [0.1, 0.15) is 0 Å². The van der Waals surface area contributed by atoms with Crippen molar-refractivity contribution in [2.45, 2.75) is 40.2 Å². The first-order valence-electron chi connectivity index (χ1n) is 11.1. The molecule has 0 aliphatic carbocycles. The zero-order valence-electron chi connectivity index (χ0n) is 18.5. The minimum absolute atomic E-state index is 0.490. The molecule has 1 aromatic carbocycles. The third-order valence-electron chi connectivity index (χ3n) is 6.42. The van der Waals surface area contributed by atoms with Gasteiger partial charge in [-0.3, -0.25) is 9.88 Å². The Morgan fingerprint density at radius 3 is 2.42 bits per heavy atom. The van der Waals surface area contributed by atoms with E-state index in [0.717, 1.165) is 40.4 Å². The summed E-state index contributed by atoms with van der Waals surface area (Å²) in [7, 11) is 0. The van der Waals surface area contributed by atoms with Crippen molar-refractivity contribution in [3.8, 4) is 22.5 Å². The van der Waals surface area contributed by atoms with Crippen molar-refractivity contribution < 1.29 is 0 Å². The van der Waals surface area contributed by atoms with E-state index in [1.54, 1.807) is 0 Å². The summed E-state index contributed by atoms with van der Waals surface area (Å²) in [5, 5.41) is 4.87. The van der Waals surface area contributed by atoms with Crippen molar-refractivity contribution in [2.24, 2.45) is 5.41 Å². The number of likely N-dealkylation sites (tertiary alicyclic amines) is 1. The van der Waals surface area contributed by atoms with Crippen LogP contribution in [0.1, 0.15) is 37.9 Å². The molecule has 5 heteroatoms. The van der Waals surface area contributed by atoms with Gasteiger partial charge < -0.3 is 0 Å². The third-order valence-corrected chi connectivity index (χ3v) is 6.42. The molecule has 1 saturated heterocycles. The maximum Gasteiger partial charge on any atom is 0.154 e. The highest BCUT2D eigenvalue weighted by Gasteiger charge is 2.25. The monoisotopic (exact) mass is 411 g/mol. The van der Waals surface area contributed by atoms with Crippen molar-refractivity contribution in [2.75, 3.05) is 13.1 Å². The summed E-state index contributed by atoms with van der Waals surface area (Å²) in [6.45, 7) is 10.1. The van der Waals surface area contributed by atoms with E-state index in [9.17, 15) is 0 Å². The molecular weight excluding hydrogens is 382 g/mol. The van der Waals surface area contributed by atoms with Crippen LogP contribution in [0.4, 0.5) is 0 Å². The second-order valence-electron chi connectivity index (χ2n) is 9.46. The average Bonchev–Trinajstić information content (AvgIpc) is 3.19. The first-order valence-corrected chi connectivity index (χ1v) is 11.1. The standard InChI is InChI=1S/C26H29N5/c1-19-16-22(10-13-27-19)23-8-9-25-28-17-24(31(25)29-23)21-6-4-20(5-7-21)18-30-14-11-26(2,3)12-15-30/h4-10,13,16-17H,11-12,14-15,18H2,1-3H3. The van der Waals surface area contributed by atoms with Gasteiger partial charge >= 0.3 is 0 Å². The highest BCUT2D eigenvalue weighted by atomic mass is 15.3. The third kappa shape index (κ3) is 4.23. The molecule has 4 heterocycles. The molecule has 0 atom stereocenters. The van der Waals surface area contributed by atoms with Crippen molar-refractivity contribution in [1.82, 2.24) is 24.5 Å². The van der Waals surface area contributed by atoms with Crippen LogP contribution in [-0.4, -0.2) is 37.6 Å². The zero-order valence-corrected chi connectivity index (χ0v) is 18.5. The fraction of sp³-hybridized carbons (Fsp3) is 0.346.